The number of pyridine rings is 1. The van der Waals surface area contributed by atoms with Gasteiger partial charge in [0.05, 0.1) is 24.5 Å². The first-order valence-electron chi connectivity index (χ1n) is 10.6. The van der Waals surface area contributed by atoms with Gasteiger partial charge in [-0.1, -0.05) is 41.9 Å². The molecule has 7 heteroatoms. The largest absolute Gasteiger partial charge is 0.495 e. The average Bonchev–Trinajstić information content (AvgIpc) is 3.46. The van der Waals surface area contributed by atoms with Crippen molar-refractivity contribution in [2.45, 2.75) is 19.0 Å². The number of halogens is 1. The fraction of sp³-hybridized carbons (Fsp3) is 0.154. The van der Waals surface area contributed by atoms with Crippen molar-refractivity contribution in [3.8, 4) is 17.1 Å². The molecule has 0 spiro atoms. The summed E-state index contributed by atoms with van der Waals surface area (Å²) >= 11 is 12.1. The van der Waals surface area contributed by atoms with Crippen molar-refractivity contribution in [2.24, 2.45) is 0 Å². The molecule has 2 atom stereocenters. The minimum atomic E-state index is -0.265. The summed E-state index contributed by atoms with van der Waals surface area (Å²) in [5, 5.41) is 4.73. The molecule has 1 saturated heterocycles. The highest BCUT2D eigenvalue weighted by Crippen LogP contribution is 2.45. The van der Waals surface area contributed by atoms with Gasteiger partial charge in [0.25, 0.3) is 0 Å². The Morgan fingerprint density at radius 2 is 1.88 bits per heavy atom. The molecule has 0 bridgehead atoms. The SMILES string of the molecule is COc1ccccc1N1C(=S)N[C@@H](c2ccccn2)[C@@H]1c1ccc(-c2ccc(C)c(Cl)c2)o1. The number of aryl methyl sites for hydroxylation is 1. The lowest BCUT2D eigenvalue weighted by Gasteiger charge is -2.27. The van der Waals surface area contributed by atoms with Gasteiger partial charge in [-0.2, -0.15) is 0 Å². The second kappa shape index (κ2) is 8.89. The van der Waals surface area contributed by atoms with E-state index in [1.165, 1.54) is 0 Å². The van der Waals surface area contributed by atoms with Crippen LogP contribution in [0.15, 0.2) is 83.4 Å². The zero-order chi connectivity index (χ0) is 22.9. The second-order valence-corrected chi connectivity index (χ2v) is 8.63. The highest BCUT2D eigenvalue weighted by atomic mass is 35.5. The zero-order valence-electron chi connectivity index (χ0n) is 18.2. The molecule has 2 aromatic heterocycles. The molecule has 3 heterocycles. The second-order valence-electron chi connectivity index (χ2n) is 7.83. The van der Waals surface area contributed by atoms with E-state index in [1.807, 2.05) is 84.6 Å². The fourth-order valence-electron chi connectivity index (χ4n) is 4.15. The van der Waals surface area contributed by atoms with Crippen molar-refractivity contribution in [1.29, 1.82) is 0 Å². The number of furan rings is 1. The number of para-hydroxylation sites is 2. The molecule has 5 nitrogen and oxygen atoms in total. The monoisotopic (exact) mass is 475 g/mol. The predicted octanol–water partition coefficient (Wildman–Crippen LogP) is 6.49. The number of rotatable bonds is 5. The van der Waals surface area contributed by atoms with Crippen LogP contribution in [0.1, 0.15) is 29.1 Å². The van der Waals surface area contributed by atoms with Crippen LogP contribution in [0.5, 0.6) is 5.75 Å². The zero-order valence-corrected chi connectivity index (χ0v) is 19.7. The van der Waals surface area contributed by atoms with Crippen LogP contribution < -0.4 is 15.0 Å². The Hall–Kier alpha value is -3.35. The van der Waals surface area contributed by atoms with E-state index in [0.29, 0.717) is 10.1 Å². The van der Waals surface area contributed by atoms with Crippen LogP contribution in [0, 0.1) is 6.92 Å². The minimum Gasteiger partial charge on any atom is -0.495 e. The third kappa shape index (κ3) is 3.96. The summed E-state index contributed by atoms with van der Waals surface area (Å²) in [6.07, 6.45) is 1.78. The van der Waals surface area contributed by atoms with Crippen molar-refractivity contribution in [3.63, 3.8) is 0 Å². The van der Waals surface area contributed by atoms with E-state index in [2.05, 4.69) is 10.3 Å². The molecule has 1 fully saturated rings. The van der Waals surface area contributed by atoms with E-state index in [0.717, 1.165) is 39.8 Å². The van der Waals surface area contributed by atoms with Crippen molar-refractivity contribution >= 4 is 34.6 Å². The van der Waals surface area contributed by atoms with Crippen molar-refractivity contribution < 1.29 is 9.15 Å². The first-order valence-corrected chi connectivity index (χ1v) is 11.4. The van der Waals surface area contributed by atoms with Crippen LogP contribution in [-0.4, -0.2) is 17.2 Å². The third-order valence-corrected chi connectivity index (χ3v) is 6.54. The molecule has 1 aliphatic rings. The predicted molar refractivity (Wildman–Crippen MR) is 135 cm³/mol. The number of benzene rings is 2. The Kier molecular flexibility index (Phi) is 5.79. The van der Waals surface area contributed by atoms with Gasteiger partial charge in [-0.25, -0.2) is 0 Å². The maximum absolute atomic E-state index is 6.41. The van der Waals surface area contributed by atoms with Gasteiger partial charge in [0.2, 0.25) is 0 Å². The fourth-order valence-corrected chi connectivity index (χ4v) is 4.66. The van der Waals surface area contributed by atoms with Gasteiger partial charge < -0.3 is 19.4 Å². The van der Waals surface area contributed by atoms with E-state index in [1.54, 1.807) is 13.3 Å². The minimum absolute atomic E-state index is 0.204. The van der Waals surface area contributed by atoms with E-state index in [9.17, 15) is 0 Å². The van der Waals surface area contributed by atoms with Crippen LogP contribution in [0.2, 0.25) is 5.02 Å². The lowest BCUT2D eigenvalue weighted by Crippen LogP contribution is -2.29. The van der Waals surface area contributed by atoms with Gasteiger partial charge in [-0.05, 0) is 67.2 Å². The molecule has 1 N–H and O–H groups in total. The van der Waals surface area contributed by atoms with E-state index in [-0.39, 0.29) is 12.1 Å². The third-order valence-electron chi connectivity index (χ3n) is 5.82. The summed E-state index contributed by atoms with van der Waals surface area (Å²) in [6.45, 7) is 1.98. The highest BCUT2D eigenvalue weighted by molar-refractivity contribution is 7.80. The molecule has 0 amide bonds. The van der Waals surface area contributed by atoms with Gasteiger partial charge in [-0.15, -0.1) is 0 Å². The number of thiocarbonyl (C=S) groups is 1. The maximum atomic E-state index is 6.41. The van der Waals surface area contributed by atoms with Crippen LogP contribution in [0.3, 0.4) is 0 Å². The summed E-state index contributed by atoms with van der Waals surface area (Å²) in [4.78, 5) is 6.63. The Morgan fingerprint density at radius 3 is 2.64 bits per heavy atom. The molecule has 0 saturated carbocycles. The number of nitrogens with zero attached hydrogens (tertiary/aromatic N) is 2. The smallest absolute Gasteiger partial charge is 0.174 e. The van der Waals surface area contributed by atoms with Crippen LogP contribution in [0.25, 0.3) is 11.3 Å². The summed E-state index contributed by atoms with van der Waals surface area (Å²) in [7, 11) is 1.66. The van der Waals surface area contributed by atoms with Crippen LogP contribution >= 0.6 is 23.8 Å². The van der Waals surface area contributed by atoms with E-state index in [4.69, 9.17) is 33.0 Å². The standard InChI is InChI=1S/C26H22ClN3O2S/c1-16-10-11-17(15-18(16)27)21-12-13-23(32-21)25-24(19-7-5-6-14-28-19)29-26(33)30(25)20-8-3-4-9-22(20)31-2/h3-15,24-25H,1-2H3,(H,29,33)/t24-,25-/m0/s1. The van der Waals surface area contributed by atoms with Gasteiger partial charge in [0.15, 0.2) is 5.11 Å². The van der Waals surface area contributed by atoms with Crippen LogP contribution in [0.4, 0.5) is 5.69 Å². The number of hydrogen-bond donors (Lipinski definition) is 1. The topological polar surface area (TPSA) is 50.5 Å². The quantitative estimate of drug-likeness (QED) is 0.333. The van der Waals surface area contributed by atoms with Crippen LogP contribution in [-0.2, 0) is 0 Å². The Balaban J connectivity index is 1.62. The van der Waals surface area contributed by atoms with Gasteiger partial charge in [0, 0.05) is 16.8 Å². The summed E-state index contributed by atoms with van der Waals surface area (Å²) in [5.41, 5.74) is 3.68. The Morgan fingerprint density at radius 1 is 1.06 bits per heavy atom. The molecule has 1 aliphatic heterocycles. The molecular weight excluding hydrogens is 454 g/mol. The van der Waals surface area contributed by atoms with Crippen molar-refractivity contribution in [1.82, 2.24) is 10.3 Å². The molecule has 0 unspecified atom stereocenters. The summed E-state index contributed by atoms with van der Waals surface area (Å²) in [6, 6.07) is 23.1. The molecule has 0 radical (unpaired) electrons. The summed E-state index contributed by atoms with van der Waals surface area (Å²) < 4.78 is 12.0. The Labute approximate surface area is 203 Å². The van der Waals surface area contributed by atoms with Crippen molar-refractivity contribution in [3.05, 3.63) is 101 Å². The lowest BCUT2D eigenvalue weighted by molar-refractivity contribution is 0.409. The molecule has 4 aromatic rings. The number of ether oxygens (including phenoxy) is 1. The Bertz CT molecular complexity index is 1310. The first kappa shape index (κ1) is 21.5. The molecular formula is C26H22ClN3O2S. The first-order chi connectivity index (χ1) is 16.1. The molecule has 2 aromatic carbocycles. The van der Waals surface area contributed by atoms with E-state index >= 15 is 0 Å². The number of methoxy groups -OCH3 is 1. The number of aromatic nitrogens is 1. The van der Waals surface area contributed by atoms with E-state index < -0.39 is 0 Å². The summed E-state index contributed by atoms with van der Waals surface area (Å²) in [5.74, 6) is 2.23. The highest BCUT2D eigenvalue weighted by Gasteiger charge is 2.43. The molecule has 33 heavy (non-hydrogen) atoms. The molecule has 0 aliphatic carbocycles. The maximum Gasteiger partial charge on any atom is 0.174 e. The lowest BCUT2D eigenvalue weighted by atomic mass is 10.0. The number of anilines is 1. The molecule has 166 valence electrons. The number of nitrogens with one attached hydrogen (secondary N) is 1. The number of hydrogen-bond acceptors (Lipinski definition) is 4. The van der Waals surface area contributed by atoms with Gasteiger partial charge >= 0.3 is 0 Å². The van der Waals surface area contributed by atoms with Crippen molar-refractivity contribution in [2.75, 3.05) is 12.0 Å². The average molecular weight is 476 g/mol. The van der Waals surface area contributed by atoms with Gasteiger partial charge in [0.1, 0.15) is 23.3 Å². The molecule has 5 rings (SSSR count). The van der Waals surface area contributed by atoms with Gasteiger partial charge in [-0.3, -0.25) is 4.98 Å². The normalized spacial score (nSPS) is 17.8.